The molecule has 0 aliphatic carbocycles. The Morgan fingerprint density at radius 3 is 2.54 bits per heavy atom. The Morgan fingerprint density at radius 2 is 1.84 bits per heavy atom. The summed E-state index contributed by atoms with van der Waals surface area (Å²) in [5.41, 5.74) is 4.97. The van der Waals surface area contributed by atoms with Crippen LogP contribution in [0.3, 0.4) is 0 Å². The molecule has 8 nitrogen and oxygen atoms in total. The first-order valence-corrected chi connectivity index (χ1v) is 11.9. The summed E-state index contributed by atoms with van der Waals surface area (Å²) >= 11 is 0. The maximum atomic E-state index is 13.2. The maximum absolute atomic E-state index is 13.2. The molecular weight excluding hydrogens is 468 g/mol. The molecule has 0 saturated heterocycles. The molecule has 0 saturated carbocycles. The molecule has 4 rings (SSSR count). The van der Waals surface area contributed by atoms with Gasteiger partial charge in [-0.05, 0) is 59.4 Å². The van der Waals surface area contributed by atoms with Crippen LogP contribution in [0.25, 0.3) is 11.3 Å². The molecule has 0 spiro atoms. The Bertz CT molecular complexity index is 1420. The number of nitrogens with zero attached hydrogens (tertiary/aromatic N) is 2. The first kappa shape index (κ1) is 25.6. The second-order valence-corrected chi connectivity index (χ2v) is 9.77. The summed E-state index contributed by atoms with van der Waals surface area (Å²) in [5, 5.41) is 9.84. The van der Waals surface area contributed by atoms with Gasteiger partial charge in [-0.2, -0.15) is 0 Å². The molecule has 0 fully saturated rings. The summed E-state index contributed by atoms with van der Waals surface area (Å²) < 4.78 is 10.7. The zero-order chi connectivity index (χ0) is 26.6. The van der Waals surface area contributed by atoms with Gasteiger partial charge in [0, 0.05) is 36.3 Å². The SMILES string of the molecule is COc1ccc(C(C)(C)C)cc1C(=O)Nc1ccc(C)c(-c2cc(C(=O)NCc3cccnc3)on2)c1. The number of nitrogens with one attached hydrogen (secondary N) is 2. The highest BCUT2D eigenvalue weighted by molar-refractivity contribution is 6.06. The van der Waals surface area contributed by atoms with E-state index < -0.39 is 0 Å². The third-order valence-corrected chi connectivity index (χ3v) is 5.99. The lowest BCUT2D eigenvalue weighted by atomic mass is 9.86. The number of rotatable bonds is 7. The minimum absolute atomic E-state index is 0.0939. The van der Waals surface area contributed by atoms with Gasteiger partial charge in [-0.15, -0.1) is 0 Å². The molecule has 0 radical (unpaired) electrons. The lowest BCUT2D eigenvalue weighted by molar-refractivity contribution is 0.0913. The summed E-state index contributed by atoms with van der Waals surface area (Å²) in [6.45, 7) is 8.52. The van der Waals surface area contributed by atoms with Crippen LogP contribution in [0.15, 0.2) is 71.5 Å². The number of aryl methyl sites for hydroxylation is 1. The number of amides is 2. The number of carbonyl (C=O) groups is 2. The van der Waals surface area contributed by atoms with Crippen molar-refractivity contribution in [2.24, 2.45) is 0 Å². The number of anilines is 1. The topological polar surface area (TPSA) is 106 Å². The molecule has 2 heterocycles. The van der Waals surface area contributed by atoms with Crippen LogP contribution in [0.2, 0.25) is 0 Å². The summed E-state index contributed by atoms with van der Waals surface area (Å²) in [5.74, 6) is -0.0725. The molecular formula is C29H30N4O4. The first-order chi connectivity index (χ1) is 17.7. The van der Waals surface area contributed by atoms with Gasteiger partial charge in [0.2, 0.25) is 5.76 Å². The van der Waals surface area contributed by atoms with Crippen molar-refractivity contribution in [2.45, 2.75) is 39.7 Å². The Kier molecular flexibility index (Phi) is 7.38. The van der Waals surface area contributed by atoms with Crippen molar-refractivity contribution >= 4 is 17.5 Å². The number of carbonyl (C=O) groups excluding carboxylic acids is 2. The van der Waals surface area contributed by atoms with Crippen LogP contribution in [0.4, 0.5) is 5.69 Å². The molecule has 190 valence electrons. The Morgan fingerprint density at radius 1 is 1.03 bits per heavy atom. The van der Waals surface area contributed by atoms with Crippen molar-refractivity contribution in [3.05, 3.63) is 95.0 Å². The molecule has 0 unspecified atom stereocenters. The van der Waals surface area contributed by atoms with Crippen LogP contribution in [0, 0.1) is 6.92 Å². The van der Waals surface area contributed by atoms with E-state index in [2.05, 4.69) is 41.5 Å². The second kappa shape index (κ2) is 10.7. The van der Waals surface area contributed by atoms with E-state index in [9.17, 15) is 9.59 Å². The number of pyridine rings is 1. The fourth-order valence-electron chi connectivity index (χ4n) is 3.81. The molecule has 2 aromatic heterocycles. The van der Waals surface area contributed by atoms with Gasteiger partial charge in [-0.25, -0.2) is 0 Å². The molecule has 2 amide bonds. The Hall–Kier alpha value is -4.46. The fraction of sp³-hybridized carbons (Fsp3) is 0.241. The third kappa shape index (κ3) is 6.03. The molecule has 2 N–H and O–H groups in total. The van der Waals surface area contributed by atoms with E-state index in [1.807, 2.05) is 49.4 Å². The highest BCUT2D eigenvalue weighted by atomic mass is 16.5. The van der Waals surface area contributed by atoms with E-state index in [1.54, 1.807) is 31.6 Å². The molecule has 37 heavy (non-hydrogen) atoms. The van der Waals surface area contributed by atoms with Crippen molar-refractivity contribution < 1.29 is 18.8 Å². The van der Waals surface area contributed by atoms with Crippen LogP contribution in [-0.4, -0.2) is 29.1 Å². The van der Waals surface area contributed by atoms with Crippen LogP contribution < -0.4 is 15.4 Å². The van der Waals surface area contributed by atoms with Crippen molar-refractivity contribution in [1.29, 1.82) is 0 Å². The second-order valence-electron chi connectivity index (χ2n) is 9.77. The molecule has 0 atom stereocenters. The van der Waals surface area contributed by atoms with E-state index in [0.29, 0.717) is 29.2 Å². The van der Waals surface area contributed by atoms with E-state index in [1.165, 1.54) is 0 Å². The predicted octanol–water partition coefficient (Wildman–Crippen LogP) is 5.53. The highest BCUT2D eigenvalue weighted by Gasteiger charge is 2.20. The Labute approximate surface area is 216 Å². The van der Waals surface area contributed by atoms with Gasteiger partial charge in [0.05, 0.1) is 12.7 Å². The van der Waals surface area contributed by atoms with Crippen LogP contribution >= 0.6 is 0 Å². The monoisotopic (exact) mass is 498 g/mol. The van der Waals surface area contributed by atoms with Gasteiger partial charge < -0.3 is 19.9 Å². The van der Waals surface area contributed by atoms with Crippen molar-refractivity contribution in [1.82, 2.24) is 15.5 Å². The van der Waals surface area contributed by atoms with Crippen LogP contribution in [-0.2, 0) is 12.0 Å². The van der Waals surface area contributed by atoms with Crippen LogP contribution in [0.1, 0.15) is 58.4 Å². The van der Waals surface area contributed by atoms with Gasteiger partial charge in [-0.3, -0.25) is 14.6 Å². The minimum Gasteiger partial charge on any atom is -0.496 e. The summed E-state index contributed by atoms with van der Waals surface area (Å²) in [6, 6.07) is 16.4. The van der Waals surface area contributed by atoms with E-state index >= 15 is 0 Å². The van der Waals surface area contributed by atoms with Gasteiger partial charge in [0.25, 0.3) is 11.8 Å². The smallest absolute Gasteiger partial charge is 0.290 e. The minimum atomic E-state index is -0.379. The van der Waals surface area contributed by atoms with Gasteiger partial charge in [0.1, 0.15) is 11.4 Å². The van der Waals surface area contributed by atoms with Gasteiger partial charge in [0.15, 0.2) is 0 Å². The summed E-state index contributed by atoms with van der Waals surface area (Å²) in [7, 11) is 1.54. The molecule has 0 bridgehead atoms. The number of benzene rings is 2. The van der Waals surface area contributed by atoms with Gasteiger partial charge in [-0.1, -0.05) is 44.1 Å². The first-order valence-electron chi connectivity index (χ1n) is 11.9. The zero-order valence-electron chi connectivity index (χ0n) is 21.6. The molecule has 8 heteroatoms. The number of hydrogen-bond acceptors (Lipinski definition) is 6. The predicted molar refractivity (Wildman–Crippen MR) is 142 cm³/mol. The van der Waals surface area contributed by atoms with Crippen molar-refractivity contribution in [3.63, 3.8) is 0 Å². The third-order valence-electron chi connectivity index (χ3n) is 5.99. The summed E-state index contributed by atoms with van der Waals surface area (Å²) in [6.07, 6.45) is 3.36. The van der Waals surface area contributed by atoms with E-state index in [0.717, 1.165) is 22.3 Å². The highest BCUT2D eigenvalue weighted by Crippen LogP contribution is 2.30. The average molecular weight is 499 g/mol. The maximum Gasteiger partial charge on any atom is 0.290 e. The Balaban J connectivity index is 1.52. The standard InChI is InChI=1S/C29H30N4O4/c1-18-8-10-21(32-27(34)23-13-20(29(2,3)4)9-11-25(23)36-5)14-22(18)24-15-26(37-33-24)28(35)31-17-19-7-6-12-30-16-19/h6-16H,17H2,1-5H3,(H,31,35)(H,32,34). The molecule has 0 aliphatic heterocycles. The number of ether oxygens (including phenoxy) is 1. The lowest BCUT2D eigenvalue weighted by Crippen LogP contribution is -2.22. The van der Waals surface area contributed by atoms with Crippen LogP contribution in [0.5, 0.6) is 5.75 Å². The number of hydrogen-bond donors (Lipinski definition) is 2. The zero-order valence-corrected chi connectivity index (χ0v) is 21.6. The van der Waals surface area contributed by atoms with E-state index in [-0.39, 0.29) is 23.0 Å². The number of methoxy groups -OCH3 is 1. The quantitative estimate of drug-likeness (QED) is 0.347. The lowest BCUT2D eigenvalue weighted by Gasteiger charge is -2.21. The van der Waals surface area contributed by atoms with Crippen molar-refractivity contribution in [3.8, 4) is 17.0 Å². The summed E-state index contributed by atoms with van der Waals surface area (Å²) in [4.78, 5) is 29.8. The average Bonchev–Trinajstić information content (AvgIpc) is 3.38. The normalized spacial score (nSPS) is 11.2. The largest absolute Gasteiger partial charge is 0.496 e. The van der Waals surface area contributed by atoms with Gasteiger partial charge >= 0.3 is 0 Å². The fourth-order valence-corrected chi connectivity index (χ4v) is 3.81. The van der Waals surface area contributed by atoms with Crippen molar-refractivity contribution in [2.75, 3.05) is 12.4 Å². The van der Waals surface area contributed by atoms with E-state index in [4.69, 9.17) is 9.26 Å². The molecule has 0 aliphatic rings. The molecule has 2 aromatic carbocycles. The molecule has 4 aromatic rings. The number of aromatic nitrogens is 2.